The Kier molecular flexibility index (Phi) is 26.3. The predicted molar refractivity (Wildman–Crippen MR) is 147 cm³/mol. The molecule has 0 radical (unpaired) electrons. The first-order chi connectivity index (χ1) is 20.2. The van der Waals surface area contributed by atoms with Crippen LogP contribution in [0.1, 0.15) is 16.8 Å². The zero-order valence-electron chi connectivity index (χ0n) is 23.9. The molecule has 13 nitrogen and oxygen atoms in total. The second-order valence-electron chi connectivity index (χ2n) is 8.19. The van der Waals surface area contributed by atoms with Gasteiger partial charge < -0.3 is 52.5 Å². The molecule has 1 aromatic carbocycles. The first-order valence-corrected chi connectivity index (χ1v) is 13.8. The summed E-state index contributed by atoms with van der Waals surface area (Å²) in [5.41, 5.74) is 0.614. The average Bonchev–Trinajstić information content (AvgIpc) is 2.98. The molecule has 0 amide bonds. The van der Waals surface area contributed by atoms with Crippen molar-refractivity contribution in [2.45, 2.75) is 6.42 Å². The molecule has 1 aromatic rings. The Morgan fingerprint density at radius 3 is 1.07 bits per heavy atom. The van der Waals surface area contributed by atoms with E-state index < -0.39 is 5.97 Å². The van der Waals surface area contributed by atoms with Gasteiger partial charge in [-0.25, -0.2) is 0 Å². The summed E-state index contributed by atoms with van der Waals surface area (Å²) in [4.78, 5) is 20.9. The topological polar surface area (TPSA) is 147 Å². The summed E-state index contributed by atoms with van der Waals surface area (Å²) in [6, 6.07) is 6.91. The smallest absolute Gasteiger partial charge is 0.305 e. The second-order valence-corrected chi connectivity index (χ2v) is 8.19. The molecule has 0 fully saturated rings. The van der Waals surface area contributed by atoms with E-state index in [2.05, 4.69) is 0 Å². The van der Waals surface area contributed by atoms with Crippen molar-refractivity contribution < 1.29 is 62.1 Å². The van der Waals surface area contributed by atoms with Crippen LogP contribution in [0.5, 0.6) is 5.75 Å². The molecule has 0 aliphatic rings. The van der Waals surface area contributed by atoms with Gasteiger partial charge in [0.1, 0.15) is 18.6 Å². The largest absolute Gasteiger partial charge is 0.491 e. The molecule has 0 atom stereocenters. The highest BCUT2D eigenvalue weighted by Gasteiger charge is 1.98. The van der Waals surface area contributed by atoms with Crippen molar-refractivity contribution in [2.75, 3.05) is 126 Å². The number of aliphatic carboxylic acids is 1. The molecule has 0 unspecified atom stereocenters. The molecule has 0 heterocycles. The molecular formula is C28H46O13. The summed E-state index contributed by atoms with van der Waals surface area (Å²) in [5, 5.41) is 8.47. The van der Waals surface area contributed by atoms with Gasteiger partial charge in [-0.2, -0.15) is 0 Å². The van der Waals surface area contributed by atoms with E-state index in [0.29, 0.717) is 130 Å². The highest BCUT2D eigenvalue weighted by atomic mass is 16.6. The van der Waals surface area contributed by atoms with Crippen LogP contribution in [0.2, 0.25) is 0 Å². The molecule has 0 aliphatic carbocycles. The van der Waals surface area contributed by atoms with E-state index in [1.54, 1.807) is 24.3 Å². The van der Waals surface area contributed by atoms with Crippen molar-refractivity contribution in [3.05, 3.63) is 29.8 Å². The molecule has 0 bridgehead atoms. The van der Waals surface area contributed by atoms with Crippen LogP contribution >= 0.6 is 0 Å². The Morgan fingerprint density at radius 2 is 0.780 bits per heavy atom. The lowest BCUT2D eigenvalue weighted by molar-refractivity contribution is -0.138. The lowest BCUT2D eigenvalue weighted by Gasteiger charge is -2.09. The average molecular weight is 591 g/mol. The third-order valence-corrected chi connectivity index (χ3v) is 4.95. The van der Waals surface area contributed by atoms with Gasteiger partial charge in [-0.05, 0) is 24.3 Å². The first kappa shape index (κ1) is 36.8. The van der Waals surface area contributed by atoms with Crippen LogP contribution in [0.3, 0.4) is 0 Å². The van der Waals surface area contributed by atoms with Gasteiger partial charge in [0.05, 0.1) is 125 Å². The van der Waals surface area contributed by atoms with Crippen molar-refractivity contribution in [2.24, 2.45) is 0 Å². The third kappa shape index (κ3) is 26.4. The van der Waals surface area contributed by atoms with Crippen molar-refractivity contribution >= 4 is 12.3 Å². The minimum Gasteiger partial charge on any atom is -0.491 e. The standard InChI is InChI=1S/C28H46O13/c29-25-26-1-3-27(4-2-26)41-24-23-40-22-21-39-20-19-38-18-17-37-16-15-36-14-13-35-12-11-34-10-9-33-8-7-32-6-5-28(30)31/h1-4,25H,5-24H2,(H,30,31). The number of aldehydes is 1. The van der Waals surface area contributed by atoms with E-state index in [1.165, 1.54) is 0 Å². The number of carboxylic acid groups (broad SMARTS) is 1. The summed E-state index contributed by atoms with van der Waals surface area (Å²) in [7, 11) is 0. The lowest BCUT2D eigenvalue weighted by Crippen LogP contribution is -2.15. The van der Waals surface area contributed by atoms with Crippen molar-refractivity contribution in [3.63, 3.8) is 0 Å². The number of benzene rings is 1. The Labute approximate surface area is 242 Å². The summed E-state index contributed by atoms with van der Waals surface area (Å²) in [6.45, 7) is 8.50. The van der Waals surface area contributed by atoms with E-state index in [9.17, 15) is 9.59 Å². The molecule has 236 valence electrons. The summed E-state index contributed by atoms with van der Waals surface area (Å²) >= 11 is 0. The van der Waals surface area contributed by atoms with Gasteiger partial charge in [0, 0.05) is 5.56 Å². The fourth-order valence-electron chi connectivity index (χ4n) is 2.88. The first-order valence-electron chi connectivity index (χ1n) is 13.8. The second kappa shape index (κ2) is 29.3. The lowest BCUT2D eigenvalue weighted by atomic mass is 10.2. The predicted octanol–water partition coefficient (Wildman–Crippen LogP) is 1.50. The molecule has 1 N–H and O–H groups in total. The van der Waals surface area contributed by atoms with Crippen molar-refractivity contribution in [1.82, 2.24) is 0 Å². The highest BCUT2D eigenvalue weighted by molar-refractivity contribution is 5.74. The Hall–Kier alpha value is -2.20. The molecule has 13 heteroatoms. The fraction of sp³-hybridized carbons (Fsp3) is 0.714. The zero-order chi connectivity index (χ0) is 29.5. The Bertz CT molecular complexity index is 717. The van der Waals surface area contributed by atoms with Crippen LogP contribution in [0.4, 0.5) is 0 Å². The minimum absolute atomic E-state index is 0.00404. The summed E-state index contributed by atoms with van der Waals surface area (Å²) in [6.07, 6.45) is 0.789. The minimum atomic E-state index is -0.876. The number of carbonyl (C=O) groups is 2. The number of ether oxygens (including phenoxy) is 10. The Morgan fingerprint density at radius 1 is 0.488 bits per heavy atom. The number of hydrogen-bond acceptors (Lipinski definition) is 12. The quantitative estimate of drug-likeness (QED) is 0.0956. The van der Waals surface area contributed by atoms with Gasteiger partial charge in [-0.3, -0.25) is 9.59 Å². The monoisotopic (exact) mass is 590 g/mol. The Balaban J connectivity index is 1.65. The van der Waals surface area contributed by atoms with Gasteiger partial charge in [-0.15, -0.1) is 0 Å². The normalized spacial score (nSPS) is 11.1. The van der Waals surface area contributed by atoms with E-state index >= 15 is 0 Å². The van der Waals surface area contributed by atoms with Crippen molar-refractivity contribution in [3.8, 4) is 5.75 Å². The highest BCUT2D eigenvalue weighted by Crippen LogP contribution is 2.10. The molecule has 41 heavy (non-hydrogen) atoms. The molecule has 0 aliphatic heterocycles. The van der Waals surface area contributed by atoms with Gasteiger partial charge in [-0.1, -0.05) is 0 Å². The van der Waals surface area contributed by atoms with E-state index in [0.717, 1.165) is 6.29 Å². The van der Waals surface area contributed by atoms with Crippen LogP contribution in [-0.2, 0) is 47.4 Å². The van der Waals surface area contributed by atoms with Crippen LogP contribution in [0.15, 0.2) is 24.3 Å². The van der Waals surface area contributed by atoms with Crippen LogP contribution < -0.4 is 4.74 Å². The van der Waals surface area contributed by atoms with Gasteiger partial charge in [0.2, 0.25) is 0 Å². The zero-order valence-corrected chi connectivity index (χ0v) is 23.9. The van der Waals surface area contributed by atoms with Crippen LogP contribution in [-0.4, -0.2) is 143 Å². The summed E-state index contributed by atoms with van der Waals surface area (Å²) < 4.78 is 54.0. The molecule has 0 saturated carbocycles. The van der Waals surface area contributed by atoms with E-state index in [4.69, 9.17) is 52.5 Å². The molecule has 1 rings (SSSR count). The molecule has 0 aromatic heterocycles. The van der Waals surface area contributed by atoms with Gasteiger partial charge >= 0.3 is 5.97 Å². The SMILES string of the molecule is O=Cc1ccc(OCCOCCOCCOCCOCCOCCOCCOCCOCCOCCC(=O)O)cc1. The van der Waals surface area contributed by atoms with Gasteiger partial charge in [0.25, 0.3) is 0 Å². The third-order valence-electron chi connectivity index (χ3n) is 4.95. The number of carboxylic acids is 1. The fourth-order valence-corrected chi connectivity index (χ4v) is 2.88. The molecule has 0 saturated heterocycles. The maximum absolute atomic E-state index is 10.6. The maximum atomic E-state index is 10.6. The molecular weight excluding hydrogens is 544 g/mol. The number of rotatable bonds is 32. The maximum Gasteiger partial charge on any atom is 0.305 e. The van der Waals surface area contributed by atoms with Crippen LogP contribution in [0.25, 0.3) is 0 Å². The number of carbonyl (C=O) groups excluding carboxylic acids is 1. The van der Waals surface area contributed by atoms with Crippen LogP contribution in [0, 0.1) is 0 Å². The molecule has 0 spiro atoms. The number of hydrogen-bond donors (Lipinski definition) is 1. The van der Waals surface area contributed by atoms with Gasteiger partial charge in [0.15, 0.2) is 0 Å². The van der Waals surface area contributed by atoms with E-state index in [1.807, 2.05) is 0 Å². The van der Waals surface area contributed by atoms with Crippen molar-refractivity contribution in [1.29, 1.82) is 0 Å². The summed E-state index contributed by atoms with van der Waals surface area (Å²) in [5.74, 6) is -0.177. The van der Waals surface area contributed by atoms with E-state index in [-0.39, 0.29) is 13.0 Å².